The summed E-state index contributed by atoms with van der Waals surface area (Å²) in [5.41, 5.74) is 0. The Kier molecular flexibility index (Phi) is 3.16. The molecule has 1 fully saturated rings. The molecule has 1 aliphatic heterocycles. The van der Waals surface area contributed by atoms with Gasteiger partial charge in [-0.05, 0) is 36.8 Å². The van der Waals surface area contributed by atoms with Crippen molar-refractivity contribution in [2.45, 2.75) is 52.6 Å². The second kappa shape index (κ2) is 3.78. The van der Waals surface area contributed by atoms with Gasteiger partial charge in [0, 0.05) is 0 Å². The van der Waals surface area contributed by atoms with Gasteiger partial charge in [0.05, 0.1) is 0 Å². The molecular formula is C11H22N-. The summed E-state index contributed by atoms with van der Waals surface area (Å²) in [7, 11) is 4.18. The smallest absolute Gasteiger partial charge is 0.0159 e. The van der Waals surface area contributed by atoms with Crippen LogP contribution in [0.15, 0.2) is 0 Å². The van der Waals surface area contributed by atoms with Crippen LogP contribution in [0.3, 0.4) is 0 Å². The molecule has 0 radical (unpaired) electrons. The van der Waals surface area contributed by atoms with Gasteiger partial charge in [-0.1, -0.05) is 27.7 Å². The number of nitrogens with zero attached hydrogens (tertiary/aromatic N) is 1. The van der Waals surface area contributed by atoms with Crippen LogP contribution in [-0.2, 0) is 0 Å². The van der Waals surface area contributed by atoms with Crippen LogP contribution in [0.1, 0.15) is 40.5 Å². The highest BCUT2D eigenvalue weighted by atomic mass is 15.2. The van der Waals surface area contributed by atoms with E-state index < -0.39 is 0 Å². The summed E-state index contributed by atoms with van der Waals surface area (Å²) in [4.78, 5) is 2.34. The molecule has 0 aromatic carbocycles. The zero-order chi connectivity index (χ0) is 9.30. The number of hydrogen-bond donors (Lipinski definition) is 0. The van der Waals surface area contributed by atoms with Crippen molar-refractivity contribution in [3.05, 3.63) is 7.05 Å². The maximum Gasteiger partial charge on any atom is -0.0159 e. The van der Waals surface area contributed by atoms with E-state index in [-0.39, 0.29) is 0 Å². The fraction of sp³-hybridized carbons (Fsp3) is 0.909. The van der Waals surface area contributed by atoms with Crippen molar-refractivity contribution in [3.8, 4) is 0 Å². The third-order valence-electron chi connectivity index (χ3n) is 3.15. The van der Waals surface area contributed by atoms with Gasteiger partial charge < -0.3 is 4.90 Å². The molecule has 12 heavy (non-hydrogen) atoms. The molecule has 0 aliphatic carbocycles. The summed E-state index contributed by atoms with van der Waals surface area (Å²) in [6.07, 6.45) is 2.67. The average molecular weight is 168 g/mol. The summed E-state index contributed by atoms with van der Waals surface area (Å²) in [5, 5.41) is 0. The van der Waals surface area contributed by atoms with Crippen LogP contribution in [-0.4, -0.2) is 17.0 Å². The Labute approximate surface area is 77.1 Å². The molecule has 1 aliphatic rings. The van der Waals surface area contributed by atoms with Gasteiger partial charge in [-0.2, -0.15) is 0 Å². The second-order valence-corrected chi connectivity index (χ2v) is 4.71. The summed E-state index contributed by atoms with van der Waals surface area (Å²) < 4.78 is 0. The molecule has 0 bridgehead atoms. The Bertz CT molecular complexity index is 124. The number of likely N-dealkylation sites (tertiary alicyclic amines) is 1. The van der Waals surface area contributed by atoms with Crippen molar-refractivity contribution < 1.29 is 0 Å². The highest BCUT2D eigenvalue weighted by Crippen LogP contribution is 2.31. The van der Waals surface area contributed by atoms with Crippen LogP contribution in [0.4, 0.5) is 0 Å². The van der Waals surface area contributed by atoms with Crippen molar-refractivity contribution in [3.63, 3.8) is 0 Å². The maximum absolute atomic E-state index is 4.18. The van der Waals surface area contributed by atoms with E-state index >= 15 is 0 Å². The molecule has 2 atom stereocenters. The lowest BCUT2D eigenvalue weighted by atomic mass is 10.0. The fourth-order valence-electron chi connectivity index (χ4n) is 2.35. The lowest BCUT2D eigenvalue weighted by Gasteiger charge is -2.37. The lowest BCUT2D eigenvalue weighted by molar-refractivity contribution is 0.191. The highest BCUT2D eigenvalue weighted by molar-refractivity contribution is 4.90. The van der Waals surface area contributed by atoms with Gasteiger partial charge in [0.25, 0.3) is 0 Å². The first kappa shape index (κ1) is 10.0. The second-order valence-electron chi connectivity index (χ2n) is 4.71. The Morgan fingerprint density at radius 1 is 1.00 bits per heavy atom. The molecule has 1 nitrogen and oxygen atoms in total. The van der Waals surface area contributed by atoms with E-state index in [9.17, 15) is 0 Å². The summed E-state index contributed by atoms with van der Waals surface area (Å²) in [6.45, 7) is 9.19. The molecule has 1 saturated heterocycles. The quantitative estimate of drug-likeness (QED) is 0.573. The Morgan fingerprint density at radius 3 is 1.50 bits per heavy atom. The monoisotopic (exact) mass is 168 g/mol. The number of hydrogen-bond acceptors (Lipinski definition) is 1. The molecular weight excluding hydrogens is 146 g/mol. The zero-order valence-electron chi connectivity index (χ0n) is 8.88. The van der Waals surface area contributed by atoms with Crippen molar-refractivity contribution in [2.75, 3.05) is 0 Å². The Hall–Kier alpha value is -0.0400. The van der Waals surface area contributed by atoms with Crippen molar-refractivity contribution in [1.29, 1.82) is 0 Å². The third kappa shape index (κ3) is 1.82. The zero-order valence-corrected chi connectivity index (χ0v) is 8.88. The minimum absolute atomic E-state index is 0.720. The molecule has 1 rings (SSSR count). The predicted molar refractivity (Wildman–Crippen MR) is 53.7 cm³/mol. The predicted octanol–water partition coefficient (Wildman–Crippen LogP) is 2.92. The van der Waals surface area contributed by atoms with Crippen molar-refractivity contribution in [1.82, 2.24) is 4.90 Å². The molecule has 0 saturated carbocycles. The first-order valence-electron chi connectivity index (χ1n) is 5.13. The van der Waals surface area contributed by atoms with Gasteiger partial charge in [-0.15, -0.1) is 0 Å². The summed E-state index contributed by atoms with van der Waals surface area (Å²) in [6, 6.07) is 1.44. The van der Waals surface area contributed by atoms with E-state index in [1.165, 1.54) is 12.8 Å². The van der Waals surface area contributed by atoms with Gasteiger partial charge in [0.2, 0.25) is 0 Å². The van der Waals surface area contributed by atoms with E-state index in [2.05, 4.69) is 39.6 Å². The molecule has 0 amide bonds. The average Bonchev–Trinajstić information content (AvgIpc) is 2.30. The number of rotatable bonds is 2. The van der Waals surface area contributed by atoms with E-state index in [0.717, 1.165) is 23.9 Å². The Balaban J connectivity index is 2.55. The van der Waals surface area contributed by atoms with Crippen LogP contribution in [0, 0.1) is 18.9 Å². The van der Waals surface area contributed by atoms with Gasteiger partial charge in [0.15, 0.2) is 0 Å². The molecule has 0 aromatic rings. The van der Waals surface area contributed by atoms with Gasteiger partial charge >= 0.3 is 0 Å². The minimum Gasteiger partial charge on any atom is -0.454 e. The van der Waals surface area contributed by atoms with Gasteiger partial charge in [0.1, 0.15) is 0 Å². The molecule has 0 N–H and O–H groups in total. The molecule has 1 heterocycles. The largest absolute Gasteiger partial charge is 0.454 e. The fourth-order valence-corrected chi connectivity index (χ4v) is 2.35. The van der Waals surface area contributed by atoms with Crippen LogP contribution >= 0.6 is 0 Å². The van der Waals surface area contributed by atoms with E-state index in [4.69, 9.17) is 0 Å². The maximum atomic E-state index is 4.18. The molecule has 1 heteroatoms. The van der Waals surface area contributed by atoms with E-state index in [1.807, 2.05) is 0 Å². The molecule has 0 spiro atoms. The van der Waals surface area contributed by atoms with E-state index in [1.54, 1.807) is 0 Å². The Morgan fingerprint density at radius 2 is 1.33 bits per heavy atom. The lowest BCUT2D eigenvalue weighted by Crippen LogP contribution is -2.36. The van der Waals surface area contributed by atoms with Crippen LogP contribution in [0.25, 0.3) is 0 Å². The highest BCUT2D eigenvalue weighted by Gasteiger charge is 2.29. The topological polar surface area (TPSA) is 3.24 Å². The van der Waals surface area contributed by atoms with Crippen molar-refractivity contribution in [2.24, 2.45) is 11.8 Å². The normalized spacial score (nSPS) is 32.2. The van der Waals surface area contributed by atoms with Crippen LogP contribution in [0.5, 0.6) is 0 Å². The van der Waals surface area contributed by atoms with Crippen LogP contribution in [0.2, 0.25) is 0 Å². The van der Waals surface area contributed by atoms with Crippen LogP contribution < -0.4 is 0 Å². The first-order valence-corrected chi connectivity index (χ1v) is 5.13. The molecule has 0 unspecified atom stereocenters. The van der Waals surface area contributed by atoms with Crippen molar-refractivity contribution >= 4 is 0 Å². The standard InChI is InChI=1S/C11H22N/c1-8(2)10-6-7-11(9(3)4)12(10)5/h8-11H,5-7H2,1-4H3/q-1/t10-,11-/m0/s1. The summed E-state index contributed by atoms with van der Waals surface area (Å²) in [5.74, 6) is 1.51. The van der Waals surface area contributed by atoms with Gasteiger partial charge in [-0.25, -0.2) is 0 Å². The molecule has 72 valence electrons. The minimum atomic E-state index is 0.720. The first-order chi connectivity index (χ1) is 5.54. The summed E-state index contributed by atoms with van der Waals surface area (Å²) >= 11 is 0. The molecule has 0 aromatic heterocycles. The SMILES string of the molecule is [CH2-]N1[C@H](C(C)C)CC[C@H]1C(C)C. The van der Waals surface area contributed by atoms with E-state index in [0.29, 0.717) is 0 Å². The van der Waals surface area contributed by atoms with Gasteiger partial charge in [-0.3, -0.25) is 7.05 Å². The third-order valence-corrected chi connectivity index (χ3v) is 3.15.